The molecule has 8 heteroatoms. The van der Waals surface area contributed by atoms with Gasteiger partial charge in [-0.3, -0.25) is 5.43 Å². The molecule has 1 saturated heterocycles. The Bertz CT molecular complexity index is 440. The smallest absolute Gasteiger partial charge is 0.243 e. The Morgan fingerprint density at radius 2 is 1.80 bits per heavy atom. The number of hydrogen-bond donors (Lipinski definition) is 4. The normalized spacial score (nSPS) is 16.1. The van der Waals surface area contributed by atoms with Crippen LogP contribution in [0.2, 0.25) is 0 Å². The van der Waals surface area contributed by atoms with Crippen molar-refractivity contribution in [1.29, 1.82) is 0 Å². The lowest BCUT2D eigenvalue weighted by Crippen LogP contribution is -2.33. The van der Waals surface area contributed by atoms with Crippen molar-refractivity contribution in [2.75, 3.05) is 35.3 Å². The van der Waals surface area contributed by atoms with Gasteiger partial charge in [0, 0.05) is 19.6 Å². The SMILES string of the molecule is CC(C)(O)CNc1nc(NN)nc(N2CCCCC2)n1. The quantitative estimate of drug-likeness (QED) is 0.451. The minimum Gasteiger partial charge on any atom is -0.389 e. The van der Waals surface area contributed by atoms with E-state index in [9.17, 15) is 5.11 Å². The Labute approximate surface area is 118 Å². The van der Waals surface area contributed by atoms with E-state index in [4.69, 9.17) is 5.84 Å². The van der Waals surface area contributed by atoms with Crippen LogP contribution < -0.4 is 21.5 Å². The molecule has 0 amide bonds. The Hall–Kier alpha value is -1.67. The second kappa shape index (κ2) is 6.19. The number of aromatic nitrogens is 3. The Balaban J connectivity index is 2.15. The summed E-state index contributed by atoms with van der Waals surface area (Å²) in [6, 6.07) is 0. The Morgan fingerprint density at radius 1 is 1.15 bits per heavy atom. The molecule has 0 aromatic carbocycles. The molecule has 20 heavy (non-hydrogen) atoms. The van der Waals surface area contributed by atoms with E-state index in [1.807, 2.05) is 0 Å². The van der Waals surface area contributed by atoms with Gasteiger partial charge in [-0.2, -0.15) is 15.0 Å². The van der Waals surface area contributed by atoms with Gasteiger partial charge >= 0.3 is 0 Å². The minimum atomic E-state index is -0.839. The molecular weight excluding hydrogens is 258 g/mol. The average Bonchev–Trinajstić information content (AvgIpc) is 2.45. The molecule has 0 unspecified atom stereocenters. The monoisotopic (exact) mass is 281 g/mol. The number of hydrazine groups is 1. The van der Waals surface area contributed by atoms with E-state index in [2.05, 4.69) is 30.6 Å². The van der Waals surface area contributed by atoms with Gasteiger partial charge in [0.15, 0.2) is 0 Å². The predicted octanol–water partition coefficient (Wildman–Crippen LogP) is 0.330. The Morgan fingerprint density at radius 3 is 2.40 bits per heavy atom. The lowest BCUT2D eigenvalue weighted by atomic mass is 10.1. The summed E-state index contributed by atoms with van der Waals surface area (Å²) in [5.41, 5.74) is 1.61. The fourth-order valence-corrected chi connectivity index (χ4v) is 2.04. The third-order valence-electron chi connectivity index (χ3n) is 3.07. The molecule has 1 aromatic rings. The second-order valence-corrected chi connectivity index (χ2v) is 5.64. The number of nitrogens with one attached hydrogen (secondary N) is 2. The largest absolute Gasteiger partial charge is 0.389 e. The zero-order chi connectivity index (χ0) is 14.6. The van der Waals surface area contributed by atoms with E-state index in [-0.39, 0.29) is 0 Å². The number of nitrogens with two attached hydrogens (primary N) is 1. The molecule has 0 atom stereocenters. The highest BCUT2D eigenvalue weighted by Gasteiger charge is 2.17. The van der Waals surface area contributed by atoms with E-state index in [0.29, 0.717) is 24.4 Å². The topological polar surface area (TPSA) is 112 Å². The fraction of sp³-hybridized carbons (Fsp3) is 0.750. The molecule has 0 radical (unpaired) electrons. The van der Waals surface area contributed by atoms with Gasteiger partial charge in [0.1, 0.15) is 0 Å². The first kappa shape index (κ1) is 14.7. The highest BCUT2D eigenvalue weighted by atomic mass is 16.3. The third kappa shape index (κ3) is 4.17. The molecule has 0 bridgehead atoms. The molecule has 1 aromatic heterocycles. The van der Waals surface area contributed by atoms with Gasteiger partial charge in [-0.25, -0.2) is 5.84 Å². The van der Waals surface area contributed by atoms with Gasteiger partial charge in [0.05, 0.1) is 5.60 Å². The predicted molar refractivity (Wildman–Crippen MR) is 78.5 cm³/mol. The lowest BCUT2D eigenvalue weighted by molar-refractivity contribution is 0.0943. The number of hydrogen-bond acceptors (Lipinski definition) is 8. The third-order valence-corrected chi connectivity index (χ3v) is 3.07. The van der Waals surface area contributed by atoms with Crippen LogP contribution in [0.4, 0.5) is 17.8 Å². The van der Waals surface area contributed by atoms with Crippen molar-refractivity contribution in [3.8, 4) is 0 Å². The number of aliphatic hydroxyl groups is 1. The van der Waals surface area contributed by atoms with Crippen LogP contribution in [-0.4, -0.2) is 45.3 Å². The first-order valence-corrected chi connectivity index (χ1v) is 6.92. The summed E-state index contributed by atoms with van der Waals surface area (Å²) in [6.45, 7) is 5.67. The van der Waals surface area contributed by atoms with Crippen molar-refractivity contribution < 1.29 is 5.11 Å². The van der Waals surface area contributed by atoms with Crippen molar-refractivity contribution in [3.05, 3.63) is 0 Å². The number of anilines is 3. The van der Waals surface area contributed by atoms with Crippen LogP contribution in [0, 0.1) is 0 Å². The van der Waals surface area contributed by atoms with E-state index in [1.165, 1.54) is 6.42 Å². The van der Waals surface area contributed by atoms with Gasteiger partial charge in [-0.05, 0) is 33.1 Å². The molecule has 2 heterocycles. The van der Waals surface area contributed by atoms with Gasteiger partial charge in [-0.15, -0.1) is 0 Å². The van der Waals surface area contributed by atoms with Crippen molar-refractivity contribution in [3.63, 3.8) is 0 Å². The van der Waals surface area contributed by atoms with Gasteiger partial charge in [-0.1, -0.05) is 0 Å². The van der Waals surface area contributed by atoms with Crippen molar-refractivity contribution in [2.24, 2.45) is 5.84 Å². The highest BCUT2D eigenvalue weighted by Crippen LogP contribution is 2.18. The van der Waals surface area contributed by atoms with Crippen LogP contribution >= 0.6 is 0 Å². The molecule has 1 fully saturated rings. The number of piperidine rings is 1. The van der Waals surface area contributed by atoms with Crippen LogP contribution in [-0.2, 0) is 0 Å². The summed E-state index contributed by atoms with van der Waals surface area (Å²) in [4.78, 5) is 14.9. The zero-order valence-electron chi connectivity index (χ0n) is 12.1. The second-order valence-electron chi connectivity index (χ2n) is 5.64. The number of rotatable bonds is 5. The molecule has 2 rings (SSSR count). The van der Waals surface area contributed by atoms with Crippen molar-refractivity contribution in [2.45, 2.75) is 38.7 Å². The van der Waals surface area contributed by atoms with Crippen LogP contribution in [0.25, 0.3) is 0 Å². The molecule has 0 spiro atoms. The van der Waals surface area contributed by atoms with E-state index >= 15 is 0 Å². The van der Waals surface area contributed by atoms with Gasteiger partial charge in [0.25, 0.3) is 0 Å². The van der Waals surface area contributed by atoms with Gasteiger partial charge < -0.3 is 15.3 Å². The number of nitrogens with zero attached hydrogens (tertiary/aromatic N) is 4. The number of nitrogen functional groups attached to an aromatic ring is 1. The molecular formula is C12H23N7O. The maximum absolute atomic E-state index is 9.74. The van der Waals surface area contributed by atoms with E-state index in [1.54, 1.807) is 13.8 Å². The van der Waals surface area contributed by atoms with Crippen molar-refractivity contribution in [1.82, 2.24) is 15.0 Å². The maximum Gasteiger partial charge on any atom is 0.243 e. The van der Waals surface area contributed by atoms with E-state index in [0.717, 1.165) is 25.9 Å². The summed E-state index contributed by atoms with van der Waals surface area (Å²) in [5, 5.41) is 12.7. The molecule has 1 aliphatic heterocycles. The van der Waals surface area contributed by atoms with Crippen LogP contribution in [0.1, 0.15) is 33.1 Å². The zero-order valence-corrected chi connectivity index (χ0v) is 12.1. The molecule has 0 saturated carbocycles. The lowest BCUT2D eigenvalue weighted by Gasteiger charge is -2.27. The van der Waals surface area contributed by atoms with Crippen LogP contribution in [0.15, 0.2) is 0 Å². The Kier molecular flexibility index (Phi) is 4.56. The van der Waals surface area contributed by atoms with Crippen LogP contribution in [0.3, 0.4) is 0 Å². The first-order valence-electron chi connectivity index (χ1n) is 6.92. The molecule has 0 aliphatic carbocycles. The standard InChI is InChI=1S/C12H23N7O/c1-12(2,20)8-14-9-15-10(18-13)17-11(16-9)19-6-4-3-5-7-19/h20H,3-8,13H2,1-2H3,(H2,14,15,16,17,18). The summed E-state index contributed by atoms with van der Waals surface area (Å²) in [7, 11) is 0. The molecule has 1 aliphatic rings. The van der Waals surface area contributed by atoms with Gasteiger partial charge in [0.2, 0.25) is 17.8 Å². The summed E-state index contributed by atoms with van der Waals surface area (Å²) < 4.78 is 0. The van der Waals surface area contributed by atoms with Crippen molar-refractivity contribution >= 4 is 17.8 Å². The highest BCUT2D eigenvalue weighted by molar-refractivity contribution is 5.43. The summed E-state index contributed by atoms with van der Waals surface area (Å²) in [6.07, 6.45) is 3.53. The summed E-state index contributed by atoms with van der Waals surface area (Å²) >= 11 is 0. The van der Waals surface area contributed by atoms with E-state index < -0.39 is 5.60 Å². The maximum atomic E-state index is 9.74. The molecule has 112 valence electrons. The fourth-order valence-electron chi connectivity index (χ4n) is 2.04. The minimum absolute atomic E-state index is 0.318. The first-order chi connectivity index (χ1) is 9.48. The van der Waals surface area contributed by atoms with Crippen LogP contribution in [0.5, 0.6) is 0 Å². The summed E-state index contributed by atoms with van der Waals surface area (Å²) in [5.74, 6) is 6.75. The molecule has 5 N–H and O–H groups in total. The molecule has 8 nitrogen and oxygen atoms in total. The average molecular weight is 281 g/mol.